The number of rotatable bonds is 6. The Morgan fingerprint density at radius 1 is 1.26 bits per heavy atom. The van der Waals surface area contributed by atoms with Crippen molar-refractivity contribution in [3.8, 4) is 11.8 Å². The van der Waals surface area contributed by atoms with E-state index in [0.29, 0.717) is 6.61 Å². The first-order valence-electron chi connectivity index (χ1n) is 6.60. The van der Waals surface area contributed by atoms with Crippen LogP contribution in [0.25, 0.3) is 0 Å². The van der Waals surface area contributed by atoms with Crippen molar-refractivity contribution < 1.29 is 4.74 Å². The highest BCUT2D eigenvalue weighted by Crippen LogP contribution is 2.27. The molecule has 104 valence electrons. The molecule has 0 N–H and O–H groups in total. The maximum atomic E-state index is 8.96. The zero-order valence-electron chi connectivity index (χ0n) is 12.2. The molecule has 19 heavy (non-hydrogen) atoms. The molecular formula is C16H22BrNO. The van der Waals surface area contributed by atoms with Gasteiger partial charge >= 0.3 is 0 Å². The molecule has 0 radical (unpaired) electrons. The highest BCUT2D eigenvalue weighted by molar-refractivity contribution is 9.08. The fourth-order valence-electron chi connectivity index (χ4n) is 2.09. The van der Waals surface area contributed by atoms with Gasteiger partial charge < -0.3 is 4.74 Å². The number of ether oxygens (including phenoxy) is 1. The Morgan fingerprint density at radius 3 is 2.32 bits per heavy atom. The molecule has 0 bridgehead atoms. The van der Waals surface area contributed by atoms with E-state index in [-0.39, 0.29) is 5.41 Å². The third kappa shape index (κ3) is 4.87. The Hall–Kier alpha value is -1.01. The molecule has 0 fully saturated rings. The number of nitrogens with zero attached hydrogens (tertiary/aromatic N) is 1. The summed E-state index contributed by atoms with van der Waals surface area (Å²) in [6.45, 7) is 8.75. The molecule has 0 aromatic heterocycles. The van der Waals surface area contributed by atoms with Gasteiger partial charge in [0.15, 0.2) is 0 Å². The molecule has 1 rings (SSSR count). The molecule has 0 atom stereocenters. The minimum atomic E-state index is -0.257. The van der Waals surface area contributed by atoms with Gasteiger partial charge in [-0.3, -0.25) is 0 Å². The lowest BCUT2D eigenvalue weighted by atomic mass is 9.90. The average molecular weight is 324 g/mol. The second-order valence-electron chi connectivity index (χ2n) is 5.64. The van der Waals surface area contributed by atoms with Crippen LogP contribution in [-0.2, 0) is 5.33 Å². The molecule has 1 aromatic carbocycles. The maximum Gasteiger partial charge on any atom is 0.125 e. The van der Waals surface area contributed by atoms with Crippen molar-refractivity contribution in [2.45, 2.75) is 45.9 Å². The van der Waals surface area contributed by atoms with Crippen molar-refractivity contribution in [3.63, 3.8) is 0 Å². The van der Waals surface area contributed by atoms with Crippen LogP contribution in [0.2, 0.25) is 0 Å². The number of nitriles is 1. The zero-order chi connectivity index (χ0) is 14.5. The van der Waals surface area contributed by atoms with Crippen molar-refractivity contribution in [2.24, 2.45) is 5.41 Å². The first kappa shape index (κ1) is 16.0. The minimum Gasteiger partial charge on any atom is -0.493 e. The summed E-state index contributed by atoms with van der Waals surface area (Å²) in [5.41, 5.74) is 3.36. The Kier molecular flexibility index (Phi) is 5.87. The molecule has 3 heteroatoms. The van der Waals surface area contributed by atoms with E-state index in [1.54, 1.807) is 0 Å². The van der Waals surface area contributed by atoms with E-state index < -0.39 is 0 Å². The quantitative estimate of drug-likeness (QED) is 0.550. The second kappa shape index (κ2) is 6.96. The van der Waals surface area contributed by atoms with Gasteiger partial charge in [0.25, 0.3) is 0 Å². The van der Waals surface area contributed by atoms with Gasteiger partial charge in [0, 0.05) is 5.33 Å². The van der Waals surface area contributed by atoms with Crippen LogP contribution < -0.4 is 4.74 Å². The van der Waals surface area contributed by atoms with Gasteiger partial charge in [-0.2, -0.15) is 5.26 Å². The summed E-state index contributed by atoms with van der Waals surface area (Å²) >= 11 is 3.47. The normalized spacial score (nSPS) is 11.2. The molecule has 0 aliphatic heterocycles. The van der Waals surface area contributed by atoms with Gasteiger partial charge in [0.1, 0.15) is 5.75 Å². The highest BCUT2D eigenvalue weighted by atomic mass is 79.9. The van der Waals surface area contributed by atoms with Crippen LogP contribution in [0, 0.1) is 30.6 Å². The van der Waals surface area contributed by atoms with Crippen molar-refractivity contribution in [1.29, 1.82) is 5.26 Å². The molecule has 0 spiro atoms. The van der Waals surface area contributed by atoms with Crippen LogP contribution in [0.3, 0.4) is 0 Å². The molecule has 0 aliphatic carbocycles. The van der Waals surface area contributed by atoms with Gasteiger partial charge in [0.2, 0.25) is 0 Å². The number of hydrogen-bond donors (Lipinski definition) is 0. The molecule has 0 amide bonds. The number of halogens is 1. The minimum absolute atomic E-state index is 0.257. The maximum absolute atomic E-state index is 8.96. The number of benzene rings is 1. The van der Waals surface area contributed by atoms with E-state index in [4.69, 9.17) is 10.00 Å². The lowest BCUT2D eigenvalue weighted by Gasteiger charge is -2.17. The topological polar surface area (TPSA) is 33.0 Å². The molecule has 0 saturated carbocycles. The fourth-order valence-corrected chi connectivity index (χ4v) is 2.41. The summed E-state index contributed by atoms with van der Waals surface area (Å²) in [4.78, 5) is 0. The van der Waals surface area contributed by atoms with E-state index in [0.717, 1.165) is 23.9 Å². The Morgan fingerprint density at radius 2 is 1.84 bits per heavy atom. The molecule has 1 aromatic rings. The number of hydrogen-bond acceptors (Lipinski definition) is 2. The first-order chi connectivity index (χ1) is 8.89. The molecule has 0 unspecified atom stereocenters. The van der Waals surface area contributed by atoms with Crippen molar-refractivity contribution >= 4 is 15.9 Å². The summed E-state index contributed by atoms with van der Waals surface area (Å²) < 4.78 is 5.88. The summed E-state index contributed by atoms with van der Waals surface area (Å²) in [6.07, 6.45) is 1.76. The largest absolute Gasteiger partial charge is 0.493 e. The number of aryl methyl sites for hydroxylation is 2. The monoisotopic (exact) mass is 323 g/mol. The SMILES string of the molecule is Cc1cc(CBr)cc(C)c1OCCCC(C)(C)C#N. The van der Waals surface area contributed by atoms with E-state index in [1.807, 2.05) is 13.8 Å². The lowest BCUT2D eigenvalue weighted by Crippen LogP contribution is -2.10. The third-order valence-corrected chi connectivity index (χ3v) is 3.82. The zero-order valence-corrected chi connectivity index (χ0v) is 13.8. The van der Waals surface area contributed by atoms with Gasteiger partial charge in [0.05, 0.1) is 18.1 Å². The van der Waals surface area contributed by atoms with Crippen LogP contribution in [0.1, 0.15) is 43.4 Å². The van der Waals surface area contributed by atoms with Crippen LogP contribution in [0.5, 0.6) is 5.75 Å². The molecule has 0 heterocycles. The second-order valence-corrected chi connectivity index (χ2v) is 6.20. The van der Waals surface area contributed by atoms with Gasteiger partial charge in [-0.25, -0.2) is 0 Å². The predicted octanol–water partition coefficient (Wildman–Crippen LogP) is 4.91. The lowest BCUT2D eigenvalue weighted by molar-refractivity contribution is 0.281. The Labute approximate surface area is 124 Å². The van der Waals surface area contributed by atoms with Crippen molar-refractivity contribution in [3.05, 3.63) is 28.8 Å². The Balaban J connectivity index is 2.57. The Bertz CT molecular complexity index is 451. The van der Waals surface area contributed by atoms with Crippen LogP contribution in [-0.4, -0.2) is 6.61 Å². The summed E-state index contributed by atoms with van der Waals surface area (Å²) in [7, 11) is 0. The number of alkyl halides is 1. The summed E-state index contributed by atoms with van der Waals surface area (Å²) in [6, 6.07) is 6.62. The van der Waals surface area contributed by atoms with Crippen LogP contribution in [0.15, 0.2) is 12.1 Å². The first-order valence-corrected chi connectivity index (χ1v) is 7.72. The van der Waals surface area contributed by atoms with E-state index in [9.17, 15) is 0 Å². The van der Waals surface area contributed by atoms with E-state index in [2.05, 4.69) is 48.0 Å². The summed E-state index contributed by atoms with van der Waals surface area (Å²) in [5.74, 6) is 0.986. The van der Waals surface area contributed by atoms with Crippen LogP contribution in [0.4, 0.5) is 0 Å². The van der Waals surface area contributed by atoms with Crippen LogP contribution >= 0.6 is 15.9 Å². The third-order valence-electron chi connectivity index (χ3n) is 3.17. The standard InChI is InChI=1S/C16H22BrNO/c1-12-8-14(10-17)9-13(2)15(12)19-7-5-6-16(3,4)11-18/h8-9H,5-7,10H2,1-4H3. The average Bonchev–Trinajstić information content (AvgIpc) is 2.36. The van der Waals surface area contributed by atoms with Crippen molar-refractivity contribution in [1.82, 2.24) is 0 Å². The smallest absolute Gasteiger partial charge is 0.125 e. The molecule has 0 aliphatic rings. The van der Waals surface area contributed by atoms with E-state index >= 15 is 0 Å². The highest BCUT2D eigenvalue weighted by Gasteiger charge is 2.16. The predicted molar refractivity (Wildman–Crippen MR) is 82.7 cm³/mol. The van der Waals surface area contributed by atoms with Crippen molar-refractivity contribution in [2.75, 3.05) is 6.61 Å². The van der Waals surface area contributed by atoms with Gasteiger partial charge in [-0.05, 0) is 57.2 Å². The molecule has 0 saturated heterocycles. The molecule has 2 nitrogen and oxygen atoms in total. The van der Waals surface area contributed by atoms with E-state index in [1.165, 1.54) is 16.7 Å². The molecular weight excluding hydrogens is 302 g/mol. The fraction of sp³-hybridized carbons (Fsp3) is 0.562. The summed E-state index contributed by atoms with van der Waals surface area (Å²) in [5, 5.41) is 9.83. The van der Waals surface area contributed by atoms with Gasteiger partial charge in [-0.15, -0.1) is 0 Å². The van der Waals surface area contributed by atoms with Gasteiger partial charge in [-0.1, -0.05) is 28.1 Å².